The van der Waals surface area contributed by atoms with Crippen LogP contribution >= 0.6 is 0 Å². The first-order chi connectivity index (χ1) is 5.40. The number of nitrogens with zero attached hydrogens (tertiary/aromatic N) is 3. The van der Waals surface area contributed by atoms with E-state index in [9.17, 15) is 0 Å². The quantitative estimate of drug-likeness (QED) is 0.649. The molecule has 56 valence electrons. The van der Waals surface area contributed by atoms with Crippen molar-refractivity contribution in [2.45, 2.75) is 0 Å². The molecule has 0 fully saturated rings. The topological polar surface area (TPSA) is 42.2 Å². The number of rotatable bonds is 1. The van der Waals surface area contributed by atoms with Crippen LogP contribution in [0.1, 0.15) is 0 Å². The van der Waals surface area contributed by atoms with Gasteiger partial charge >= 0.3 is 0 Å². The van der Waals surface area contributed by atoms with Gasteiger partial charge in [0.25, 0.3) is 0 Å². The van der Waals surface area contributed by atoms with Crippen molar-refractivity contribution in [3.8, 4) is 0 Å². The Morgan fingerprint density at radius 1 is 1.45 bits per heavy atom. The van der Waals surface area contributed by atoms with E-state index in [1.165, 1.54) is 0 Å². The van der Waals surface area contributed by atoms with Crippen LogP contribution in [0.5, 0.6) is 0 Å². The van der Waals surface area contributed by atoms with Gasteiger partial charge < -0.3 is 5.32 Å². The van der Waals surface area contributed by atoms with E-state index < -0.39 is 0 Å². The number of hydrogen-bond donors (Lipinski definition) is 1. The summed E-state index contributed by atoms with van der Waals surface area (Å²) in [4.78, 5) is 4.17. The van der Waals surface area contributed by atoms with Gasteiger partial charge in [-0.05, 0) is 12.1 Å². The number of nitrogens with one attached hydrogen (secondary N) is 1. The van der Waals surface area contributed by atoms with Gasteiger partial charge in [0, 0.05) is 13.2 Å². The van der Waals surface area contributed by atoms with Crippen molar-refractivity contribution < 1.29 is 0 Å². The molecule has 2 heterocycles. The molecule has 0 aliphatic rings. The number of pyridine rings is 1. The van der Waals surface area contributed by atoms with Crippen LogP contribution in [-0.2, 0) is 0 Å². The van der Waals surface area contributed by atoms with Gasteiger partial charge in [-0.15, -0.1) is 5.10 Å². The van der Waals surface area contributed by atoms with Crippen LogP contribution in [0.2, 0.25) is 0 Å². The molecule has 4 nitrogen and oxygen atoms in total. The second-order valence-electron chi connectivity index (χ2n) is 2.19. The lowest BCUT2D eigenvalue weighted by molar-refractivity contribution is 0.963. The summed E-state index contributed by atoms with van der Waals surface area (Å²) in [5.74, 6) is 0.649. The lowest BCUT2D eigenvalue weighted by atomic mass is 10.5. The van der Waals surface area contributed by atoms with Gasteiger partial charge in [0.1, 0.15) is 0 Å². The summed E-state index contributed by atoms with van der Waals surface area (Å²) >= 11 is 0. The van der Waals surface area contributed by atoms with Gasteiger partial charge in [0.15, 0.2) is 5.65 Å². The Morgan fingerprint density at radius 2 is 2.36 bits per heavy atom. The molecule has 0 saturated heterocycles. The van der Waals surface area contributed by atoms with Crippen molar-refractivity contribution >= 4 is 11.6 Å². The smallest absolute Gasteiger partial charge is 0.242 e. The predicted octanol–water partition coefficient (Wildman–Crippen LogP) is 0.771. The van der Waals surface area contributed by atoms with Crippen molar-refractivity contribution in [2.24, 2.45) is 0 Å². The Labute approximate surface area is 63.9 Å². The average molecular weight is 148 g/mol. The molecule has 0 bridgehead atoms. The maximum absolute atomic E-state index is 4.17. The molecule has 0 aromatic carbocycles. The molecule has 0 aliphatic carbocycles. The first kappa shape index (κ1) is 6.15. The van der Waals surface area contributed by atoms with E-state index in [-0.39, 0.29) is 0 Å². The maximum Gasteiger partial charge on any atom is 0.242 e. The monoisotopic (exact) mass is 148 g/mol. The predicted molar refractivity (Wildman–Crippen MR) is 42.5 cm³/mol. The lowest BCUT2D eigenvalue weighted by Crippen LogP contribution is -1.90. The van der Waals surface area contributed by atoms with E-state index in [1.54, 1.807) is 11.6 Å². The van der Waals surface area contributed by atoms with Crippen molar-refractivity contribution in [3.05, 3.63) is 24.4 Å². The van der Waals surface area contributed by atoms with E-state index in [0.29, 0.717) is 5.95 Å². The van der Waals surface area contributed by atoms with E-state index >= 15 is 0 Å². The van der Waals surface area contributed by atoms with Gasteiger partial charge in [-0.2, -0.15) is 4.98 Å². The molecule has 0 amide bonds. The second kappa shape index (κ2) is 2.23. The molecule has 2 aromatic rings. The van der Waals surface area contributed by atoms with Crippen LogP contribution in [0.3, 0.4) is 0 Å². The summed E-state index contributed by atoms with van der Waals surface area (Å²) in [7, 11) is 1.80. The summed E-state index contributed by atoms with van der Waals surface area (Å²) in [6.45, 7) is 0. The standard InChI is InChI=1S/C7H8N4/c1-8-7-9-6-4-2-3-5-11(6)10-7/h2-5H,1H3,(H,8,10). The number of hydrogen-bond acceptors (Lipinski definition) is 3. The van der Waals surface area contributed by atoms with Crippen molar-refractivity contribution in [2.75, 3.05) is 12.4 Å². The highest BCUT2D eigenvalue weighted by Crippen LogP contribution is 2.02. The van der Waals surface area contributed by atoms with Gasteiger partial charge in [-0.1, -0.05) is 6.07 Å². The lowest BCUT2D eigenvalue weighted by Gasteiger charge is -1.85. The largest absolute Gasteiger partial charge is 0.356 e. The Bertz CT molecular complexity index is 332. The van der Waals surface area contributed by atoms with Gasteiger partial charge in [-0.25, -0.2) is 4.52 Å². The van der Waals surface area contributed by atoms with E-state index in [1.807, 2.05) is 24.4 Å². The SMILES string of the molecule is CNc1nc2ccccn2n1. The molecule has 0 saturated carbocycles. The Kier molecular flexibility index (Phi) is 1.25. The molecule has 0 atom stereocenters. The van der Waals surface area contributed by atoms with Gasteiger partial charge in [0.05, 0.1) is 0 Å². The Hall–Kier alpha value is -1.58. The Balaban J connectivity index is 2.69. The third-order valence-corrected chi connectivity index (χ3v) is 1.46. The minimum absolute atomic E-state index is 0.649. The van der Waals surface area contributed by atoms with Gasteiger partial charge in [-0.3, -0.25) is 0 Å². The fourth-order valence-electron chi connectivity index (χ4n) is 0.937. The highest BCUT2D eigenvalue weighted by atomic mass is 15.3. The van der Waals surface area contributed by atoms with Crippen LogP contribution in [0.25, 0.3) is 5.65 Å². The summed E-state index contributed by atoms with van der Waals surface area (Å²) in [5.41, 5.74) is 0.858. The third kappa shape index (κ3) is 0.920. The Morgan fingerprint density at radius 3 is 3.09 bits per heavy atom. The van der Waals surface area contributed by atoms with Crippen LogP contribution in [0.4, 0.5) is 5.95 Å². The fourth-order valence-corrected chi connectivity index (χ4v) is 0.937. The first-order valence-electron chi connectivity index (χ1n) is 3.39. The number of aromatic nitrogens is 3. The van der Waals surface area contributed by atoms with E-state index in [0.717, 1.165) is 5.65 Å². The van der Waals surface area contributed by atoms with Crippen molar-refractivity contribution in [1.82, 2.24) is 14.6 Å². The van der Waals surface area contributed by atoms with Crippen LogP contribution in [0, 0.1) is 0 Å². The van der Waals surface area contributed by atoms with E-state index in [4.69, 9.17) is 0 Å². The molecule has 2 rings (SSSR count). The summed E-state index contributed by atoms with van der Waals surface area (Å²) < 4.78 is 1.73. The van der Waals surface area contributed by atoms with Crippen LogP contribution < -0.4 is 5.32 Å². The fraction of sp³-hybridized carbons (Fsp3) is 0.143. The molecule has 0 spiro atoms. The van der Waals surface area contributed by atoms with Crippen molar-refractivity contribution in [1.29, 1.82) is 0 Å². The molecule has 0 unspecified atom stereocenters. The highest BCUT2D eigenvalue weighted by Gasteiger charge is 1.97. The minimum Gasteiger partial charge on any atom is -0.356 e. The molecule has 2 aromatic heterocycles. The first-order valence-corrected chi connectivity index (χ1v) is 3.39. The zero-order valence-corrected chi connectivity index (χ0v) is 6.15. The summed E-state index contributed by atoms with van der Waals surface area (Å²) in [6, 6.07) is 5.76. The third-order valence-electron chi connectivity index (χ3n) is 1.46. The number of fused-ring (bicyclic) bond motifs is 1. The highest BCUT2D eigenvalue weighted by molar-refractivity contribution is 5.42. The molecule has 1 N–H and O–H groups in total. The van der Waals surface area contributed by atoms with Crippen LogP contribution in [-0.4, -0.2) is 21.6 Å². The van der Waals surface area contributed by atoms with E-state index in [2.05, 4.69) is 15.4 Å². The summed E-state index contributed by atoms with van der Waals surface area (Å²) in [5, 5.41) is 7.00. The molecule has 0 aliphatic heterocycles. The summed E-state index contributed by atoms with van der Waals surface area (Å²) in [6.07, 6.45) is 1.86. The molecule has 11 heavy (non-hydrogen) atoms. The zero-order chi connectivity index (χ0) is 7.68. The molecular weight excluding hydrogens is 140 g/mol. The molecule has 0 radical (unpaired) electrons. The van der Waals surface area contributed by atoms with Gasteiger partial charge in [0.2, 0.25) is 5.95 Å². The molecule has 4 heteroatoms. The zero-order valence-electron chi connectivity index (χ0n) is 6.15. The average Bonchev–Trinajstić information content (AvgIpc) is 2.46. The second-order valence-corrected chi connectivity index (χ2v) is 2.19. The maximum atomic E-state index is 4.17. The number of anilines is 1. The van der Waals surface area contributed by atoms with Crippen molar-refractivity contribution in [3.63, 3.8) is 0 Å². The van der Waals surface area contributed by atoms with Crippen LogP contribution in [0.15, 0.2) is 24.4 Å². The normalized spacial score (nSPS) is 10.3. The minimum atomic E-state index is 0.649. The molecular formula is C7H8N4.